The van der Waals surface area contributed by atoms with Gasteiger partial charge in [-0.15, -0.1) is 0 Å². The van der Waals surface area contributed by atoms with E-state index in [9.17, 15) is 4.79 Å². The molecule has 0 N–H and O–H groups in total. The number of unbranched alkanes of at least 4 members (excludes halogenated alkanes) is 2. The molecule has 17 heavy (non-hydrogen) atoms. The molecule has 1 aromatic carbocycles. The summed E-state index contributed by atoms with van der Waals surface area (Å²) in [5.74, 6) is -0.106. The van der Waals surface area contributed by atoms with Crippen LogP contribution in [0.3, 0.4) is 0 Å². The van der Waals surface area contributed by atoms with Gasteiger partial charge in [0.05, 0.1) is 7.11 Å². The Kier molecular flexibility index (Phi) is 7.71. The zero-order valence-electron chi connectivity index (χ0n) is 10.1. The van der Waals surface area contributed by atoms with Gasteiger partial charge < -0.3 is 4.74 Å². The molecule has 0 spiro atoms. The van der Waals surface area contributed by atoms with Crippen LogP contribution in [-0.4, -0.2) is 13.1 Å². The molecule has 0 amide bonds. The lowest BCUT2D eigenvalue weighted by Crippen LogP contribution is -3.59. The van der Waals surface area contributed by atoms with Crippen molar-refractivity contribution in [2.75, 3.05) is 7.11 Å². The Labute approximate surface area is 113 Å². The van der Waals surface area contributed by atoms with E-state index in [1.54, 1.807) is 0 Å². The SMILES string of the molecule is COC(=O)CCCC/C=C/[I+]c1ccccc1. The zero-order valence-corrected chi connectivity index (χ0v) is 12.2. The third-order valence-electron chi connectivity index (χ3n) is 2.24. The standard InChI is InChI=1S/C14H18IO2/c1-17-14(16)11-7-2-3-8-12-15-13-9-5-4-6-10-13/h4-6,8-10,12H,2-3,7,11H2,1H3/q+1/b12-8+. The number of carbonyl (C=O) groups is 1. The molecule has 0 aliphatic rings. The number of methoxy groups -OCH3 is 1. The van der Waals surface area contributed by atoms with Crippen molar-refractivity contribution in [1.82, 2.24) is 0 Å². The van der Waals surface area contributed by atoms with Crippen molar-refractivity contribution in [2.45, 2.75) is 25.7 Å². The monoisotopic (exact) mass is 345 g/mol. The molecule has 1 rings (SSSR count). The number of carbonyl (C=O) groups excluding carboxylic acids is 1. The van der Waals surface area contributed by atoms with E-state index >= 15 is 0 Å². The minimum atomic E-state index is -0.106. The van der Waals surface area contributed by atoms with E-state index in [2.05, 4.69) is 39.2 Å². The third-order valence-corrected chi connectivity index (χ3v) is 4.55. The highest BCUT2D eigenvalue weighted by Gasteiger charge is 2.04. The second kappa shape index (κ2) is 9.22. The van der Waals surface area contributed by atoms with Gasteiger partial charge in [0.2, 0.25) is 0 Å². The van der Waals surface area contributed by atoms with Crippen molar-refractivity contribution in [3.63, 3.8) is 0 Å². The summed E-state index contributed by atoms with van der Waals surface area (Å²) in [5, 5.41) is 0. The number of halogens is 1. The number of rotatable bonds is 7. The Morgan fingerprint density at radius 3 is 2.76 bits per heavy atom. The molecule has 2 nitrogen and oxygen atoms in total. The lowest BCUT2D eigenvalue weighted by molar-refractivity contribution is -0.557. The maximum absolute atomic E-state index is 10.9. The van der Waals surface area contributed by atoms with Crippen LogP contribution in [-0.2, 0) is 9.53 Å². The molecule has 3 heteroatoms. The quantitative estimate of drug-likeness (QED) is 0.401. The van der Waals surface area contributed by atoms with E-state index in [1.165, 1.54) is 10.7 Å². The van der Waals surface area contributed by atoms with Crippen molar-refractivity contribution < 1.29 is 30.7 Å². The summed E-state index contributed by atoms with van der Waals surface area (Å²) in [6, 6.07) is 10.6. The molecular formula is C14H18IO2+. The average Bonchev–Trinajstić information content (AvgIpc) is 2.38. The fourth-order valence-corrected chi connectivity index (χ4v) is 3.16. The molecule has 0 aromatic heterocycles. The predicted octanol–water partition coefficient (Wildman–Crippen LogP) is 0.192. The third kappa shape index (κ3) is 7.15. The number of hydrogen-bond donors (Lipinski definition) is 0. The van der Waals surface area contributed by atoms with Gasteiger partial charge in [-0.3, -0.25) is 4.79 Å². The average molecular weight is 345 g/mol. The smallest absolute Gasteiger partial charge is 0.349 e. The number of ether oxygens (including phenoxy) is 1. The van der Waals surface area contributed by atoms with Gasteiger partial charge in [0, 0.05) is 6.42 Å². The Bertz CT molecular complexity index is 346. The molecular weight excluding hydrogens is 327 g/mol. The molecule has 92 valence electrons. The Hall–Kier alpha value is -0.840. The number of benzene rings is 1. The van der Waals surface area contributed by atoms with Crippen LogP contribution in [0.4, 0.5) is 0 Å². The largest absolute Gasteiger partial charge is 0.469 e. The molecule has 0 heterocycles. The van der Waals surface area contributed by atoms with Crippen molar-refractivity contribution >= 4 is 5.97 Å². The first-order valence-corrected chi connectivity index (χ1v) is 8.05. The van der Waals surface area contributed by atoms with Crippen molar-refractivity contribution in [3.8, 4) is 0 Å². The van der Waals surface area contributed by atoms with Gasteiger partial charge in [0.15, 0.2) is 7.65 Å². The first-order valence-electron chi connectivity index (χ1n) is 5.73. The van der Waals surface area contributed by atoms with E-state index in [0.717, 1.165) is 19.3 Å². The van der Waals surface area contributed by atoms with Crippen molar-refractivity contribution in [2.24, 2.45) is 0 Å². The number of esters is 1. The summed E-state index contributed by atoms with van der Waals surface area (Å²) in [7, 11) is 1.44. The first-order chi connectivity index (χ1) is 8.33. The predicted molar refractivity (Wildman–Crippen MR) is 64.8 cm³/mol. The van der Waals surface area contributed by atoms with Crippen molar-refractivity contribution in [1.29, 1.82) is 0 Å². The van der Waals surface area contributed by atoms with Gasteiger partial charge in [0.1, 0.15) is 0 Å². The summed E-state index contributed by atoms with van der Waals surface area (Å²) in [4.78, 5) is 10.9. The summed E-state index contributed by atoms with van der Waals surface area (Å²) < 4.78 is 8.32. The Morgan fingerprint density at radius 2 is 2.06 bits per heavy atom. The van der Waals surface area contributed by atoms with Crippen molar-refractivity contribution in [3.05, 3.63) is 44.1 Å². The highest BCUT2D eigenvalue weighted by atomic mass is 127. The van der Waals surface area contributed by atoms with Gasteiger partial charge in [-0.25, -0.2) is 0 Å². The highest BCUT2D eigenvalue weighted by Crippen LogP contribution is 2.00. The van der Waals surface area contributed by atoms with E-state index in [1.807, 2.05) is 6.07 Å². The highest BCUT2D eigenvalue weighted by molar-refractivity contribution is 5.68. The fraction of sp³-hybridized carbons (Fsp3) is 0.357. The zero-order chi connectivity index (χ0) is 12.3. The Morgan fingerprint density at radius 1 is 1.29 bits per heavy atom. The van der Waals surface area contributed by atoms with Crippen LogP contribution >= 0.6 is 0 Å². The van der Waals surface area contributed by atoms with Crippen LogP contribution < -0.4 is 21.2 Å². The maximum atomic E-state index is 10.9. The van der Waals surface area contributed by atoms with Crippen LogP contribution in [0, 0.1) is 3.57 Å². The summed E-state index contributed by atoms with van der Waals surface area (Å²) in [6.07, 6.45) is 5.81. The lowest BCUT2D eigenvalue weighted by atomic mass is 10.2. The van der Waals surface area contributed by atoms with E-state index in [0.29, 0.717) is 6.42 Å². The lowest BCUT2D eigenvalue weighted by Gasteiger charge is -1.96. The maximum Gasteiger partial charge on any atom is 0.349 e. The molecule has 0 unspecified atom stereocenters. The Balaban J connectivity index is 2.05. The van der Waals surface area contributed by atoms with E-state index in [4.69, 9.17) is 0 Å². The van der Waals surface area contributed by atoms with Crippen LogP contribution in [0.5, 0.6) is 0 Å². The van der Waals surface area contributed by atoms with Crippen LogP contribution in [0.2, 0.25) is 0 Å². The molecule has 0 saturated heterocycles. The number of hydrogen-bond acceptors (Lipinski definition) is 2. The topological polar surface area (TPSA) is 26.3 Å². The normalized spacial score (nSPS) is 10.6. The minimum Gasteiger partial charge on any atom is -0.469 e. The molecule has 0 fully saturated rings. The summed E-state index contributed by atoms with van der Waals surface area (Å²) >= 11 is 0.0163. The molecule has 0 atom stereocenters. The van der Waals surface area contributed by atoms with Gasteiger partial charge in [0.25, 0.3) is 0 Å². The van der Waals surface area contributed by atoms with E-state index in [-0.39, 0.29) is 27.2 Å². The second-order valence-electron chi connectivity index (χ2n) is 3.59. The molecule has 0 aliphatic carbocycles. The van der Waals surface area contributed by atoms with Gasteiger partial charge in [-0.2, -0.15) is 0 Å². The molecule has 0 bridgehead atoms. The van der Waals surface area contributed by atoms with Crippen LogP contribution in [0.1, 0.15) is 25.7 Å². The van der Waals surface area contributed by atoms with Gasteiger partial charge in [-0.1, -0.05) is 18.2 Å². The summed E-state index contributed by atoms with van der Waals surface area (Å²) in [5.41, 5.74) is 0. The van der Waals surface area contributed by atoms with Gasteiger partial charge in [-0.05, 0) is 37.5 Å². The van der Waals surface area contributed by atoms with Gasteiger partial charge >= 0.3 is 27.2 Å². The molecule has 1 aromatic rings. The van der Waals surface area contributed by atoms with Crippen LogP contribution in [0.25, 0.3) is 0 Å². The number of allylic oxidation sites excluding steroid dienone is 1. The van der Waals surface area contributed by atoms with Crippen LogP contribution in [0.15, 0.2) is 40.5 Å². The fourth-order valence-electron chi connectivity index (χ4n) is 1.30. The minimum absolute atomic E-state index is 0.0163. The van der Waals surface area contributed by atoms with E-state index < -0.39 is 0 Å². The molecule has 0 radical (unpaired) electrons. The first kappa shape index (κ1) is 14.2. The summed E-state index contributed by atoms with van der Waals surface area (Å²) in [6.45, 7) is 0. The molecule has 0 saturated carbocycles. The second-order valence-corrected chi connectivity index (χ2v) is 6.18. The molecule has 0 aliphatic heterocycles.